The van der Waals surface area contributed by atoms with Crippen molar-refractivity contribution in [2.45, 2.75) is 13.0 Å². The van der Waals surface area contributed by atoms with Crippen LogP contribution in [0.25, 0.3) is 5.69 Å². The predicted molar refractivity (Wildman–Crippen MR) is 109 cm³/mol. The number of para-hydroxylation sites is 2. The van der Waals surface area contributed by atoms with Crippen LogP contribution in [0, 0.1) is 0 Å². The van der Waals surface area contributed by atoms with Gasteiger partial charge < -0.3 is 15.5 Å². The molecule has 0 saturated carbocycles. The molecule has 1 aliphatic heterocycles. The van der Waals surface area contributed by atoms with E-state index in [0.717, 1.165) is 17.1 Å². The minimum absolute atomic E-state index is 0.155. The van der Waals surface area contributed by atoms with Gasteiger partial charge in [0.2, 0.25) is 5.95 Å². The van der Waals surface area contributed by atoms with Gasteiger partial charge in [-0.1, -0.05) is 36.4 Å². The Bertz CT molecular complexity index is 1050. The van der Waals surface area contributed by atoms with Crippen LogP contribution in [0.3, 0.4) is 0 Å². The molecule has 7 nitrogen and oxygen atoms in total. The molecule has 0 atom stereocenters. The molecule has 2 heterocycles. The zero-order valence-electron chi connectivity index (χ0n) is 15.6. The summed E-state index contributed by atoms with van der Waals surface area (Å²) in [7, 11) is 1.75. The van der Waals surface area contributed by atoms with Gasteiger partial charge in [-0.2, -0.15) is 0 Å². The van der Waals surface area contributed by atoms with E-state index in [0.29, 0.717) is 24.5 Å². The lowest BCUT2D eigenvalue weighted by Crippen LogP contribution is -2.43. The summed E-state index contributed by atoms with van der Waals surface area (Å²) in [5.74, 6) is 0.497. The molecule has 0 radical (unpaired) electrons. The molecule has 142 valence electrons. The normalized spacial score (nSPS) is 13.0. The van der Waals surface area contributed by atoms with Crippen LogP contribution in [-0.4, -0.2) is 34.1 Å². The number of nitrogens with zero attached hydrogens (tertiary/aromatic N) is 3. The number of hydrogen-bond acceptors (Lipinski definition) is 4. The minimum atomic E-state index is -0.222. The van der Waals surface area contributed by atoms with Gasteiger partial charge in [-0.3, -0.25) is 4.79 Å². The van der Waals surface area contributed by atoms with Crippen molar-refractivity contribution in [2.75, 3.05) is 24.2 Å². The SMILES string of the molecule is CNc1nc2c(c(=O)n1-c1ccccc1)CN(C(=O)Nc1ccccc1)CC2. The Morgan fingerprint density at radius 2 is 1.71 bits per heavy atom. The van der Waals surface area contributed by atoms with E-state index < -0.39 is 0 Å². The highest BCUT2D eigenvalue weighted by Crippen LogP contribution is 2.20. The largest absolute Gasteiger partial charge is 0.358 e. The van der Waals surface area contributed by atoms with E-state index in [1.54, 1.807) is 16.5 Å². The topological polar surface area (TPSA) is 79.3 Å². The fourth-order valence-electron chi connectivity index (χ4n) is 3.36. The number of benzene rings is 2. The van der Waals surface area contributed by atoms with Gasteiger partial charge in [0.25, 0.3) is 5.56 Å². The second-order valence-corrected chi connectivity index (χ2v) is 6.55. The number of rotatable bonds is 3. The molecule has 0 unspecified atom stereocenters. The summed E-state index contributed by atoms with van der Waals surface area (Å²) in [6.07, 6.45) is 0.539. The lowest BCUT2D eigenvalue weighted by molar-refractivity contribution is 0.205. The van der Waals surface area contributed by atoms with Crippen LogP contribution in [0.5, 0.6) is 0 Å². The third-order valence-electron chi connectivity index (χ3n) is 4.78. The monoisotopic (exact) mass is 375 g/mol. The van der Waals surface area contributed by atoms with Gasteiger partial charge in [-0.25, -0.2) is 14.3 Å². The Morgan fingerprint density at radius 1 is 1.04 bits per heavy atom. The maximum absolute atomic E-state index is 13.2. The van der Waals surface area contributed by atoms with Gasteiger partial charge in [0.1, 0.15) is 0 Å². The molecular weight excluding hydrogens is 354 g/mol. The summed E-state index contributed by atoms with van der Waals surface area (Å²) in [6.45, 7) is 0.743. The number of anilines is 2. The van der Waals surface area contributed by atoms with Gasteiger partial charge >= 0.3 is 6.03 Å². The Labute approximate surface area is 162 Å². The quantitative estimate of drug-likeness (QED) is 0.738. The summed E-state index contributed by atoms with van der Waals surface area (Å²) in [5, 5.41) is 5.89. The molecule has 0 saturated heterocycles. The van der Waals surface area contributed by atoms with E-state index in [1.807, 2.05) is 60.7 Å². The fraction of sp³-hybridized carbons (Fsp3) is 0.190. The lowest BCUT2D eigenvalue weighted by atomic mass is 10.1. The second kappa shape index (κ2) is 7.56. The highest BCUT2D eigenvalue weighted by molar-refractivity contribution is 5.89. The molecular formula is C21H21N5O2. The van der Waals surface area contributed by atoms with E-state index in [-0.39, 0.29) is 18.1 Å². The van der Waals surface area contributed by atoms with Gasteiger partial charge in [-0.15, -0.1) is 0 Å². The molecule has 1 aliphatic rings. The molecule has 0 fully saturated rings. The highest BCUT2D eigenvalue weighted by atomic mass is 16.2. The number of carbonyl (C=O) groups excluding carboxylic acids is 1. The Morgan fingerprint density at radius 3 is 2.39 bits per heavy atom. The van der Waals surface area contributed by atoms with Gasteiger partial charge in [0.05, 0.1) is 23.5 Å². The molecule has 0 aliphatic carbocycles. The Balaban J connectivity index is 1.66. The fourth-order valence-corrected chi connectivity index (χ4v) is 3.36. The van der Waals surface area contributed by atoms with Crippen molar-refractivity contribution in [3.63, 3.8) is 0 Å². The number of hydrogen-bond donors (Lipinski definition) is 2. The predicted octanol–water partition coefficient (Wildman–Crippen LogP) is 2.86. The molecule has 4 rings (SSSR count). The molecule has 2 aromatic carbocycles. The van der Waals surface area contributed by atoms with Gasteiger partial charge in [-0.05, 0) is 24.3 Å². The van der Waals surface area contributed by atoms with Crippen LogP contribution in [0.1, 0.15) is 11.3 Å². The molecule has 0 bridgehead atoms. The molecule has 1 aromatic heterocycles. The van der Waals surface area contributed by atoms with Crippen LogP contribution in [0.15, 0.2) is 65.5 Å². The maximum Gasteiger partial charge on any atom is 0.322 e. The zero-order valence-corrected chi connectivity index (χ0v) is 15.6. The van der Waals surface area contributed by atoms with Crippen molar-refractivity contribution in [1.29, 1.82) is 0 Å². The summed E-state index contributed by atoms with van der Waals surface area (Å²) in [5.41, 5.74) is 2.60. The molecule has 7 heteroatoms. The van der Waals surface area contributed by atoms with E-state index in [4.69, 9.17) is 0 Å². The summed E-state index contributed by atoms with van der Waals surface area (Å²) < 4.78 is 1.55. The van der Waals surface area contributed by atoms with Crippen LogP contribution in [-0.2, 0) is 13.0 Å². The molecule has 2 N–H and O–H groups in total. The first-order valence-electron chi connectivity index (χ1n) is 9.16. The minimum Gasteiger partial charge on any atom is -0.358 e. The van der Waals surface area contributed by atoms with Crippen molar-refractivity contribution in [1.82, 2.24) is 14.5 Å². The van der Waals surface area contributed by atoms with Crippen molar-refractivity contribution >= 4 is 17.7 Å². The average molecular weight is 375 g/mol. The van der Waals surface area contributed by atoms with Crippen molar-refractivity contribution in [2.24, 2.45) is 0 Å². The van der Waals surface area contributed by atoms with Crippen LogP contribution < -0.4 is 16.2 Å². The number of urea groups is 1. The van der Waals surface area contributed by atoms with Crippen molar-refractivity contribution < 1.29 is 4.79 Å². The number of nitrogens with one attached hydrogen (secondary N) is 2. The zero-order chi connectivity index (χ0) is 19.5. The molecule has 28 heavy (non-hydrogen) atoms. The Kier molecular flexibility index (Phi) is 4.80. The summed E-state index contributed by atoms with van der Waals surface area (Å²) >= 11 is 0. The van der Waals surface area contributed by atoms with Crippen LogP contribution in [0.4, 0.5) is 16.4 Å². The standard InChI is InChI=1S/C21H21N5O2/c1-22-20-24-18-12-13-25(21(28)23-15-8-4-2-5-9-15)14-17(18)19(27)26(20)16-10-6-3-7-11-16/h2-11H,12-14H2,1H3,(H,22,24)(H,23,28). The van der Waals surface area contributed by atoms with Crippen molar-refractivity contribution in [3.05, 3.63) is 82.3 Å². The third-order valence-corrected chi connectivity index (χ3v) is 4.78. The second-order valence-electron chi connectivity index (χ2n) is 6.55. The number of carbonyl (C=O) groups is 1. The first-order chi connectivity index (χ1) is 13.7. The van der Waals surface area contributed by atoms with E-state index in [1.165, 1.54) is 0 Å². The van der Waals surface area contributed by atoms with Crippen LogP contribution in [0.2, 0.25) is 0 Å². The smallest absolute Gasteiger partial charge is 0.322 e. The number of aromatic nitrogens is 2. The number of fused-ring (bicyclic) bond motifs is 1. The first-order valence-corrected chi connectivity index (χ1v) is 9.16. The van der Waals surface area contributed by atoms with Crippen LogP contribution >= 0.6 is 0 Å². The average Bonchev–Trinajstić information content (AvgIpc) is 2.74. The molecule has 0 spiro atoms. The van der Waals surface area contributed by atoms with E-state index in [9.17, 15) is 9.59 Å². The third kappa shape index (κ3) is 3.34. The number of amides is 2. The first kappa shape index (κ1) is 17.8. The summed E-state index contributed by atoms with van der Waals surface area (Å²) in [4.78, 5) is 32.2. The van der Waals surface area contributed by atoms with E-state index in [2.05, 4.69) is 15.6 Å². The van der Waals surface area contributed by atoms with Gasteiger partial charge in [0, 0.05) is 25.7 Å². The van der Waals surface area contributed by atoms with Crippen molar-refractivity contribution in [3.8, 4) is 5.69 Å². The molecule has 3 aromatic rings. The van der Waals surface area contributed by atoms with E-state index >= 15 is 0 Å². The molecule has 2 amide bonds. The highest BCUT2D eigenvalue weighted by Gasteiger charge is 2.26. The van der Waals surface area contributed by atoms with Gasteiger partial charge in [0.15, 0.2) is 0 Å². The Hall–Kier alpha value is -3.61. The lowest BCUT2D eigenvalue weighted by Gasteiger charge is -2.29. The maximum atomic E-state index is 13.2. The summed E-state index contributed by atoms with van der Waals surface area (Å²) in [6, 6.07) is 18.4.